The van der Waals surface area contributed by atoms with Crippen LogP contribution in [0.25, 0.3) is 0 Å². The van der Waals surface area contributed by atoms with Crippen LogP contribution in [0.15, 0.2) is 24.3 Å². The molecule has 1 aliphatic carbocycles. The number of hydrogen-bond acceptors (Lipinski definition) is 3. The van der Waals surface area contributed by atoms with Crippen molar-refractivity contribution in [3.05, 3.63) is 29.8 Å². The number of amides is 1. The van der Waals surface area contributed by atoms with E-state index in [2.05, 4.69) is 47.1 Å². The third-order valence-electron chi connectivity index (χ3n) is 5.07. The predicted octanol–water partition coefficient (Wildman–Crippen LogP) is 2.81. The highest BCUT2D eigenvalue weighted by Crippen LogP contribution is 2.28. The van der Waals surface area contributed by atoms with Crippen molar-refractivity contribution in [1.29, 1.82) is 0 Å². The molecule has 0 aliphatic heterocycles. The van der Waals surface area contributed by atoms with Crippen LogP contribution in [0.5, 0.6) is 0 Å². The number of carbonyl (C=O) groups excluding carboxylic acids is 1. The molecule has 1 fully saturated rings. The van der Waals surface area contributed by atoms with Crippen molar-refractivity contribution in [2.24, 2.45) is 17.6 Å². The maximum Gasteiger partial charge on any atom is 0.223 e. The third kappa shape index (κ3) is 6.92. The fourth-order valence-electron chi connectivity index (χ4n) is 3.32. The Bertz CT molecular complexity index is 568. The van der Waals surface area contributed by atoms with Crippen LogP contribution in [0.4, 0.5) is 5.69 Å². The Morgan fingerprint density at radius 1 is 1.15 bits per heavy atom. The lowest BCUT2D eigenvalue weighted by Gasteiger charge is -2.28. The van der Waals surface area contributed by atoms with Crippen molar-refractivity contribution in [2.45, 2.75) is 45.4 Å². The number of nitrogens with one attached hydrogen (secondary N) is 3. The van der Waals surface area contributed by atoms with Crippen LogP contribution in [0.3, 0.4) is 0 Å². The van der Waals surface area contributed by atoms with Crippen LogP contribution in [-0.2, 0) is 11.2 Å². The first kappa shape index (κ1) is 20.6. The van der Waals surface area contributed by atoms with E-state index in [0.29, 0.717) is 24.1 Å². The molecule has 2 rings (SSSR count). The van der Waals surface area contributed by atoms with Gasteiger partial charge in [-0.25, -0.2) is 0 Å². The van der Waals surface area contributed by atoms with Gasteiger partial charge in [-0.1, -0.05) is 19.1 Å². The van der Waals surface area contributed by atoms with Crippen molar-refractivity contribution < 1.29 is 4.79 Å². The summed E-state index contributed by atoms with van der Waals surface area (Å²) in [7, 11) is 0. The highest BCUT2D eigenvalue weighted by molar-refractivity contribution is 7.80. The summed E-state index contributed by atoms with van der Waals surface area (Å²) in [5.74, 6) is 0.925. The van der Waals surface area contributed by atoms with Crippen LogP contribution < -0.4 is 21.7 Å². The topological polar surface area (TPSA) is 79.2 Å². The zero-order chi connectivity index (χ0) is 18.8. The molecule has 1 amide bonds. The Kier molecular flexibility index (Phi) is 8.85. The van der Waals surface area contributed by atoms with Crippen LogP contribution in [0, 0.1) is 11.8 Å². The zero-order valence-electron chi connectivity index (χ0n) is 15.7. The molecule has 144 valence electrons. The third-order valence-corrected chi connectivity index (χ3v) is 5.32. The molecular weight excluding hydrogens is 344 g/mol. The molecular formula is C20H32N4OS. The van der Waals surface area contributed by atoms with Gasteiger partial charge in [0.15, 0.2) is 5.11 Å². The van der Waals surface area contributed by atoms with Gasteiger partial charge < -0.3 is 21.7 Å². The van der Waals surface area contributed by atoms with Gasteiger partial charge >= 0.3 is 0 Å². The van der Waals surface area contributed by atoms with E-state index in [1.54, 1.807) is 0 Å². The van der Waals surface area contributed by atoms with Crippen molar-refractivity contribution in [2.75, 3.05) is 25.0 Å². The molecule has 1 aromatic carbocycles. The Morgan fingerprint density at radius 3 is 2.46 bits per heavy atom. The lowest BCUT2D eigenvalue weighted by molar-refractivity contribution is -0.126. The Balaban J connectivity index is 1.64. The van der Waals surface area contributed by atoms with E-state index in [4.69, 9.17) is 18.0 Å². The van der Waals surface area contributed by atoms with Gasteiger partial charge in [-0.05, 0) is 80.9 Å². The average Bonchev–Trinajstić information content (AvgIpc) is 2.67. The van der Waals surface area contributed by atoms with Crippen LogP contribution in [-0.4, -0.2) is 30.7 Å². The molecule has 0 bridgehead atoms. The molecule has 0 unspecified atom stereocenters. The molecule has 1 aromatic rings. The number of hydrogen-bond donors (Lipinski definition) is 4. The average molecular weight is 377 g/mol. The van der Waals surface area contributed by atoms with Gasteiger partial charge in [0.25, 0.3) is 0 Å². The Labute approximate surface area is 162 Å². The molecule has 0 atom stereocenters. The van der Waals surface area contributed by atoms with E-state index in [0.717, 1.165) is 50.8 Å². The quantitative estimate of drug-likeness (QED) is 0.414. The lowest BCUT2D eigenvalue weighted by Crippen LogP contribution is -2.37. The second kappa shape index (κ2) is 11.1. The molecule has 6 heteroatoms. The molecule has 0 radical (unpaired) electrons. The van der Waals surface area contributed by atoms with E-state index < -0.39 is 0 Å². The van der Waals surface area contributed by atoms with Crippen LogP contribution in [0.2, 0.25) is 0 Å². The summed E-state index contributed by atoms with van der Waals surface area (Å²) in [6, 6.07) is 8.35. The van der Waals surface area contributed by atoms with Gasteiger partial charge in [-0.2, -0.15) is 0 Å². The molecule has 1 saturated carbocycles. The summed E-state index contributed by atoms with van der Waals surface area (Å²) in [5.41, 5.74) is 7.79. The monoisotopic (exact) mass is 376 g/mol. The maximum absolute atomic E-state index is 12.1. The minimum absolute atomic E-state index is 0.159. The number of carbonyl (C=O) groups is 1. The molecule has 0 aromatic heterocycles. The Morgan fingerprint density at radius 2 is 1.85 bits per heavy atom. The first-order valence-electron chi connectivity index (χ1n) is 9.74. The minimum Gasteiger partial charge on any atom is -0.362 e. The van der Waals surface area contributed by atoms with E-state index >= 15 is 0 Å². The van der Waals surface area contributed by atoms with Crippen molar-refractivity contribution in [3.8, 4) is 0 Å². The van der Waals surface area contributed by atoms with Crippen molar-refractivity contribution in [1.82, 2.24) is 10.6 Å². The number of anilines is 1. The van der Waals surface area contributed by atoms with E-state index in [1.165, 1.54) is 5.56 Å². The largest absolute Gasteiger partial charge is 0.362 e. The van der Waals surface area contributed by atoms with E-state index in [1.807, 2.05) is 0 Å². The molecule has 1 aliphatic rings. The standard InChI is InChI=1S/C20H32N4OS/c1-2-15-6-10-18(11-7-15)24-20(26)23-14-16-4-8-17(9-5-16)19(25)22-13-3-12-21/h6-7,10-11,16-17H,2-5,8-9,12-14,21H2,1H3,(H,22,25)(H2,23,24,26). The maximum atomic E-state index is 12.1. The first-order valence-corrected chi connectivity index (χ1v) is 10.1. The van der Waals surface area contributed by atoms with Crippen molar-refractivity contribution >= 4 is 28.9 Å². The number of benzene rings is 1. The number of rotatable bonds is 8. The fourth-order valence-corrected chi connectivity index (χ4v) is 3.52. The summed E-state index contributed by atoms with van der Waals surface area (Å²) in [6.07, 6.45) is 5.93. The molecule has 5 nitrogen and oxygen atoms in total. The lowest BCUT2D eigenvalue weighted by atomic mass is 9.81. The molecule has 0 spiro atoms. The zero-order valence-corrected chi connectivity index (χ0v) is 16.5. The second-order valence-corrected chi connectivity index (χ2v) is 7.44. The number of nitrogens with two attached hydrogens (primary N) is 1. The van der Waals surface area contributed by atoms with Gasteiger partial charge in [-0.3, -0.25) is 4.79 Å². The van der Waals surface area contributed by atoms with Crippen LogP contribution in [0.1, 0.15) is 44.6 Å². The van der Waals surface area contributed by atoms with Gasteiger partial charge in [0.1, 0.15) is 0 Å². The molecule has 26 heavy (non-hydrogen) atoms. The summed E-state index contributed by atoms with van der Waals surface area (Å²) < 4.78 is 0. The van der Waals surface area contributed by atoms with Gasteiger partial charge in [0.2, 0.25) is 5.91 Å². The van der Waals surface area contributed by atoms with Crippen molar-refractivity contribution in [3.63, 3.8) is 0 Å². The smallest absolute Gasteiger partial charge is 0.223 e. The summed E-state index contributed by atoms with van der Waals surface area (Å²) >= 11 is 5.39. The van der Waals surface area contributed by atoms with E-state index in [-0.39, 0.29) is 11.8 Å². The second-order valence-electron chi connectivity index (χ2n) is 7.04. The molecule has 0 heterocycles. The fraction of sp³-hybridized carbons (Fsp3) is 0.600. The first-order chi connectivity index (χ1) is 12.6. The summed E-state index contributed by atoms with van der Waals surface area (Å²) in [4.78, 5) is 12.1. The SMILES string of the molecule is CCc1ccc(NC(=S)NCC2CCC(C(=O)NCCCN)CC2)cc1. The summed E-state index contributed by atoms with van der Waals surface area (Å²) in [6.45, 7) is 4.32. The summed E-state index contributed by atoms with van der Waals surface area (Å²) in [5, 5.41) is 10.2. The van der Waals surface area contributed by atoms with Gasteiger partial charge in [0.05, 0.1) is 0 Å². The van der Waals surface area contributed by atoms with E-state index in [9.17, 15) is 4.79 Å². The number of aryl methyl sites for hydroxylation is 1. The highest BCUT2D eigenvalue weighted by atomic mass is 32.1. The Hall–Kier alpha value is -1.66. The minimum atomic E-state index is 0.159. The normalized spacial score (nSPS) is 19.6. The molecule has 5 N–H and O–H groups in total. The number of thiocarbonyl (C=S) groups is 1. The van der Waals surface area contributed by atoms with Crippen LogP contribution >= 0.6 is 12.2 Å². The highest BCUT2D eigenvalue weighted by Gasteiger charge is 2.25. The van der Waals surface area contributed by atoms with Gasteiger partial charge in [0, 0.05) is 24.7 Å². The predicted molar refractivity (Wildman–Crippen MR) is 112 cm³/mol. The molecule has 0 saturated heterocycles. The van der Waals surface area contributed by atoms with Gasteiger partial charge in [-0.15, -0.1) is 0 Å².